The summed E-state index contributed by atoms with van der Waals surface area (Å²) in [6.45, 7) is 2.77. The molecular formula is C12H14BrClO2S. The SMILES string of the molecule is CCOC1CC(CC(=O)c2cc(Cl)c(Br)s2)C1. The lowest BCUT2D eigenvalue weighted by molar-refractivity contribution is -0.0245. The molecule has 0 spiro atoms. The van der Waals surface area contributed by atoms with E-state index in [1.54, 1.807) is 6.07 Å². The van der Waals surface area contributed by atoms with Crippen LogP contribution in [0.1, 0.15) is 35.9 Å². The van der Waals surface area contributed by atoms with E-state index in [1.165, 1.54) is 11.3 Å². The van der Waals surface area contributed by atoms with Gasteiger partial charge in [-0.3, -0.25) is 4.79 Å². The highest BCUT2D eigenvalue weighted by atomic mass is 79.9. The van der Waals surface area contributed by atoms with Crippen molar-refractivity contribution in [1.29, 1.82) is 0 Å². The molecule has 1 aromatic rings. The molecule has 0 amide bonds. The number of Topliss-reactive ketones (excluding diaryl/α,β-unsaturated/α-hetero) is 1. The highest BCUT2D eigenvalue weighted by Crippen LogP contribution is 2.36. The van der Waals surface area contributed by atoms with Crippen LogP contribution >= 0.6 is 38.9 Å². The normalized spacial score (nSPS) is 23.5. The fourth-order valence-corrected chi connectivity index (χ4v) is 3.71. The van der Waals surface area contributed by atoms with E-state index in [1.807, 2.05) is 6.92 Å². The van der Waals surface area contributed by atoms with Crippen molar-refractivity contribution in [1.82, 2.24) is 0 Å². The van der Waals surface area contributed by atoms with Crippen LogP contribution in [0.3, 0.4) is 0 Å². The lowest BCUT2D eigenvalue weighted by atomic mass is 9.79. The molecule has 0 radical (unpaired) electrons. The van der Waals surface area contributed by atoms with Crippen LogP contribution in [-0.4, -0.2) is 18.5 Å². The third kappa shape index (κ3) is 3.31. The van der Waals surface area contributed by atoms with Gasteiger partial charge in [0.05, 0.1) is 19.8 Å². The maximum atomic E-state index is 12.0. The van der Waals surface area contributed by atoms with Crippen molar-refractivity contribution in [2.45, 2.75) is 32.3 Å². The molecule has 17 heavy (non-hydrogen) atoms. The second kappa shape index (κ2) is 5.83. The molecule has 5 heteroatoms. The predicted molar refractivity (Wildman–Crippen MR) is 74.1 cm³/mol. The lowest BCUT2D eigenvalue weighted by Crippen LogP contribution is -2.32. The summed E-state index contributed by atoms with van der Waals surface area (Å²) in [5, 5.41) is 0.624. The molecule has 1 heterocycles. The Kier molecular flexibility index (Phi) is 4.64. The Hall–Kier alpha value is 0.1000. The van der Waals surface area contributed by atoms with Gasteiger partial charge in [0.1, 0.15) is 0 Å². The molecule has 0 aromatic carbocycles. The molecule has 0 saturated heterocycles. The van der Waals surface area contributed by atoms with Gasteiger partial charge in [-0.2, -0.15) is 0 Å². The molecule has 1 saturated carbocycles. The Morgan fingerprint density at radius 3 is 2.88 bits per heavy atom. The largest absolute Gasteiger partial charge is 0.378 e. The number of carbonyl (C=O) groups excluding carboxylic acids is 1. The van der Waals surface area contributed by atoms with Crippen molar-refractivity contribution in [3.63, 3.8) is 0 Å². The van der Waals surface area contributed by atoms with Gasteiger partial charge < -0.3 is 4.74 Å². The Balaban J connectivity index is 1.83. The van der Waals surface area contributed by atoms with Crippen LogP contribution in [0.5, 0.6) is 0 Å². The van der Waals surface area contributed by atoms with Crippen molar-refractivity contribution in [2.24, 2.45) is 5.92 Å². The van der Waals surface area contributed by atoms with Gasteiger partial charge in [-0.15, -0.1) is 11.3 Å². The molecular weight excluding hydrogens is 324 g/mol. The molecule has 0 atom stereocenters. The smallest absolute Gasteiger partial charge is 0.173 e. The Bertz CT molecular complexity index is 393. The van der Waals surface area contributed by atoms with Crippen molar-refractivity contribution >= 4 is 44.7 Å². The third-order valence-electron chi connectivity index (χ3n) is 2.99. The predicted octanol–water partition coefficient (Wildman–Crippen LogP) is 4.55. The Labute approximate surface area is 118 Å². The first-order chi connectivity index (χ1) is 8.10. The number of ketones is 1. The van der Waals surface area contributed by atoms with Crippen LogP contribution in [0.2, 0.25) is 5.02 Å². The number of hydrogen-bond donors (Lipinski definition) is 0. The first kappa shape index (κ1) is 13.5. The Morgan fingerprint density at radius 2 is 2.35 bits per heavy atom. The molecule has 2 nitrogen and oxygen atoms in total. The first-order valence-electron chi connectivity index (χ1n) is 5.69. The summed E-state index contributed by atoms with van der Waals surface area (Å²) in [6.07, 6.45) is 3.02. The summed E-state index contributed by atoms with van der Waals surface area (Å²) in [5.74, 6) is 0.682. The number of rotatable bonds is 5. The van der Waals surface area contributed by atoms with Gasteiger partial charge in [0.25, 0.3) is 0 Å². The average Bonchev–Trinajstić information content (AvgIpc) is 2.56. The maximum absolute atomic E-state index is 12.0. The van der Waals surface area contributed by atoms with Crippen LogP contribution in [-0.2, 0) is 4.74 Å². The number of carbonyl (C=O) groups is 1. The minimum atomic E-state index is 0.197. The molecule has 94 valence electrons. The summed E-state index contributed by atoms with van der Waals surface area (Å²) in [7, 11) is 0. The van der Waals surface area contributed by atoms with E-state index in [0.29, 0.717) is 23.5 Å². The highest BCUT2D eigenvalue weighted by Gasteiger charge is 2.31. The van der Waals surface area contributed by atoms with Gasteiger partial charge in [0.15, 0.2) is 5.78 Å². The standard InChI is InChI=1S/C12H14BrClO2S/c1-2-16-8-3-7(4-8)5-10(15)11-6-9(14)12(13)17-11/h6-8H,2-5H2,1H3. The van der Waals surface area contributed by atoms with E-state index in [9.17, 15) is 4.79 Å². The van der Waals surface area contributed by atoms with Crippen LogP contribution in [0.25, 0.3) is 0 Å². The molecule has 0 N–H and O–H groups in total. The van der Waals surface area contributed by atoms with Gasteiger partial charge in [-0.25, -0.2) is 0 Å². The van der Waals surface area contributed by atoms with Crippen LogP contribution < -0.4 is 0 Å². The molecule has 2 rings (SSSR count). The van der Waals surface area contributed by atoms with Gasteiger partial charge in [-0.05, 0) is 47.7 Å². The zero-order valence-corrected chi connectivity index (χ0v) is 12.7. The van der Waals surface area contributed by atoms with Crippen molar-refractivity contribution in [3.05, 3.63) is 19.8 Å². The molecule has 1 fully saturated rings. The minimum Gasteiger partial charge on any atom is -0.378 e. The average molecular weight is 338 g/mol. The van der Waals surface area contributed by atoms with Crippen molar-refractivity contribution < 1.29 is 9.53 Å². The lowest BCUT2D eigenvalue weighted by Gasteiger charge is -2.34. The zero-order valence-electron chi connectivity index (χ0n) is 9.54. The minimum absolute atomic E-state index is 0.197. The number of ether oxygens (including phenoxy) is 1. The molecule has 1 aliphatic rings. The summed E-state index contributed by atoms with van der Waals surface area (Å²) >= 11 is 10.7. The van der Waals surface area contributed by atoms with E-state index >= 15 is 0 Å². The van der Waals surface area contributed by atoms with E-state index in [4.69, 9.17) is 16.3 Å². The second-order valence-corrected chi connectivity index (χ2v) is 7.05. The Morgan fingerprint density at radius 1 is 1.65 bits per heavy atom. The van der Waals surface area contributed by atoms with Crippen molar-refractivity contribution in [2.75, 3.05) is 6.61 Å². The number of thiophene rings is 1. The number of halogens is 2. The summed E-state index contributed by atoms with van der Waals surface area (Å²) in [6, 6.07) is 1.75. The first-order valence-corrected chi connectivity index (χ1v) is 7.68. The third-order valence-corrected chi connectivity index (χ3v) is 5.50. The molecule has 0 bridgehead atoms. The van der Waals surface area contributed by atoms with E-state index < -0.39 is 0 Å². The van der Waals surface area contributed by atoms with Gasteiger partial charge >= 0.3 is 0 Å². The fourth-order valence-electron chi connectivity index (χ4n) is 2.06. The van der Waals surface area contributed by atoms with E-state index in [-0.39, 0.29) is 5.78 Å². The van der Waals surface area contributed by atoms with Crippen LogP contribution in [0, 0.1) is 5.92 Å². The maximum Gasteiger partial charge on any atom is 0.173 e. The molecule has 1 aliphatic carbocycles. The van der Waals surface area contributed by atoms with Crippen LogP contribution in [0.15, 0.2) is 9.85 Å². The highest BCUT2D eigenvalue weighted by molar-refractivity contribution is 9.11. The quantitative estimate of drug-likeness (QED) is 0.737. The van der Waals surface area contributed by atoms with Crippen molar-refractivity contribution in [3.8, 4) is 0 Å². The van der Waals surface area contributed by atoms with Gasteiger partial charge in [-0.1, -0.05) is 11.6 Å². The monoisotopic (exact) mass is 336 g/mol. The van der Waals surface area contributed by atoms with Gasteiger partial charge in [0.2, 0.25) is 0 Å². The molecule has 0 aliphatic heterocycles. The number of hydrogen-bond acceptors (Lipinski definition) is 3. The molecule has 1 aromatic heterocycles. The summed E-state index contributed by atoms with van der Waals surface area (Å²) < 4.78 is 6.32. The molecule has 0 unspecified atom stereocenters. The zero-order chi connectivity index (χ0) is 12.4. The van der Waals surface area contributed by atoms with E-state index in [2.05, 4.69) is 15.9 Å². The van der Waals surface area contributed by atoms with E-state index in [0.717, 1.165) is 28.1 Å². The summed E-state index contributed by atoms with van der Waals surface area (Å²) in [5.41, 5.74) is 0. The fraction of sp³-hybridized carbons (Fsp3) is 0.583. The second-order valence-electron chi connectivity index (χ2n) is 4.27. The van der Waals surface area contributed by atoms with Gasteiger partial charge in [0, 0.05) is 13.0 Å². The summed E-state index contributed by atoms with van der Waals surface area (Å²) in [4.78, 5) is 12.7. The van der Waals surface area contributed by atoms with Crippen LogP contribution in [0.4, 0.5) is 0 Å². The topological polar surface area (TPSA) is 26.3 Å².